The summed E-state index contributed by atoms with van der Waals surface area (Å²) in [6.45, 7) is 0. The van der Waals surface area contributed by atoms with Gasteiger partial charge in [0.1, 0.15) is 11.3 Å². The number of benzene rings is 1. The number of imidazole rings is 1. The number of aromatic nitrogens is 3. The van der Waals surface area contributed by atoms with Crippen molar-refractivity contribution in [3.8, 4) is 11.4 Å². The van der Waals surface area contributed by atoms with E-state index in [0.29, 0.717) is 16.3 Å². The van der Waals surface area contributed by atoms with Crippen LogP contribution in [0.3, 0.4) is 0 Å². The number of nitrogen functional groups attached to an aromatic ring is 1. The van der Waals surface area contributed by atoms with Crippen molar-refractivity contribution in [3.63, 3.8) is 0 Å². The Morgan fingerprint density at radius 3 is 2.83 bits per heavy atom. The van der Waals surface area contributed by atoms with Crippen LogP contribution >= 0.6 is 22.7 Å². The molecule has 148 valence electrons. The highest BCUT2D eigenvalue weighted by Gasteiger charge is 2.13. The van der Waals surface area contributed by atoms with Gasteiger partial charge in [-0.2, -0.15) is 0 Å². The molecule has 0 bridgehead atoms. The van der Waals surface area contributed by atoms with Crippen LogP contribution in [-0.2, 0) is 0 Å². The van der Waals surface area contributed by atoms with E-state index in [1.807, 2.05) is 58.6 Å². The van der Waals surface area contributed by atoms with Crippen LogP contribution in [0.5, 0.6) is 0 Å². The standard InChI is InChI=1S/C21H16N6OS2/c22-13-5-1-2-6-14(13)24-20(28)17-8-9-19(30-17)26-21-25-15(12-29-21)16-11-23-18-7-3-4-10-27(16)18/h1-12H,22H2,(H,24,28)(H,25,26). The van der Waals surface area contributed by atoms with Crippen molar-refractivity contribution in [2.45, 2.75) is 0 Å². The molecule has 0 radical (unpaired) electrons. The number of carbonyl (C=O) groups excluding carboxylic acids is 1. The molecule has 0 spiro atoms. The molecule has 0 saturated carbocycles. The van der Waals surface area contributed by atoms with Crippen molar-refractivity contribution in [3.05, 3.63) is 77.2 Å². The summed E-state index contributed by atoms with van der Waals surface area (Å²) in [5.41, 5.74) is 9.68. The highest BCUT2D eigenvalue weighted by molar-refractivity contribution is 7.19. The van der Waals surface area contributed by atoms with Crippen molar-refractivity contribution in [2.75, 3.05) is 16.4 Å². The van der Waals surface area contributed by atoms with Gasteiger partial charge in [-0.3, -0.25) is 9.20 Å². The normalized spacial score (nSPS) is 10.9. The molecule has 0 aliphatic carbocycles. The predicted octanol–water partition coefficient (Wildman–Crippen LogP) is 5.10. The first-order valence-electron chi connectivity index (χ1n) is 9.08. The van der Waals surface area contributed by atoms with Crippen LogP contribution in [0.25, 0.3) is 17.0 Å². The molecule has 0 atom stereocenters. The van der Waals surface area contributed by atoms with E-state index in [2.05, 4.69) is 20.6 Å². The number of rotatable bonds is 5. The van der Waals surface area contributed by atoms with Gasteiger partial charge in [0.15, 0.2) is 5.13 Å². The average molecular weight is 433 g/mol. The number of carbonyl (C=O) groups is 1. The maximum Gasteiger partial charge on any atom is 0.265 e. The number of hydrogen-bond donors (Lipinski definition) is 3. The van der Waals surface area contributed by atoms with E-state index >= 15 is 0 Å². The topological polar surface area (TPSA) is 97.3 Å². The molecular weight excluding hydrogens is 416 g/mol. The Morgan fingerprint density at radius 2 is 1.93 bits per heavy atom. The van der Waals surface area contributed by atoms with Gasteiger partial charge in [-0.1, -0.05) is 18.2 Å². The summed E-state index contributed by atoms with van der Waals surface area (Å²) in [5.74, 6) is -0.198. The fourth-order valence-corrected chi connectivity index (χ4v) is 4.58. The molecule has 0 saturated heterocycles. The Morgan fingerprint density at radius 1 is 1.07 bits per heavy atom. The Labute approximate surface area is 179 Å². The second-order valence-electron chi connectivity index (χ2n) is 6.44. The summed E-state index contributed by atoms with van der Waals surface area (Å²) in [6.07, 6.45) is 3.78. The molecule has 1 aromatic carbocycles. The van der Waals surface area contributed by atoms with Gasteiger partial charge in [-0.05, 0) is 36.4 Å². The number of anilines is 4. The van der Waals surface area contributed by atoms with Gasteiger partial charge in [0.05, 0.1) is 33.1 Å². The summed E-state index contributed by atoms with van der Waals surface area (Å²) < 4.78 is 2.00. The van der Waals surface area contributed by atoms with Crippen LogP contribution in [0.15, 0.2) is 72.4 Å². The SMILES string of the molecule is Nc1ccccc1NC(=O)c1ccc(Nc2nc(-c3cnc4ccccn34)cs2)s1. The minimum Gasteiger partial charge on any atom is -0.397 e. The third-order valence-corrected chi connectivity index (χ3v) is 6.21. The first-order valence-corrected chi connectivity index (χ1v) is 10.8. The summed E-state index contributed by atoms with van der Waals surface area (Å²) >= 11 is 2.86. The van der Waals surface area contributed by atoms with E-state index in [4.69, 9.17) is 5.73 Å². The van der Waals surface area contributed by atoms with Gasteiger partial charge in [-0.15, -0.1) is 22.7 Å². The predicted molar refractivity (Wildman–Crippen MR) is 123 cm³/mol. The highest BCUT2D eigenvalue weighted by atomic mass is 32.1. The molecule has 0 aliphatic rings. The average Bonchev–Trinajstić information content (AvgIpc) is 3.49. The van der Waals surface area contributed by atoms with Crippen LogP contribution in [-0.4, -0.2) is 20.3 Å². The minimum absolute atomic E-state index is 0.198. The second kappa shape index (κ2) is 7.62. The third-order valence-electron chi connectivity index (χ3n) is 4.45. The van der Waals surface area contributed by atoms with E-state index in [9.17, 15) is 4.79 Å². The zero-order valence-corrected chi connectivity index (χ0v) is 17.2. The van der Waals surface area contributed by atoms with Crippen molar-refractivity contribution < 1.29 is 4.79 Å². The van der Waals surface area contributed by atoms with Crippen LogP contribution in [0, 0.1) is 0 Å². The highest BCUT2D eigenvalue weighted by Crippen LogP contribution is 2.31. The van der Waals surface area contributed by atoms with Gasteiger partial charge in [0.2, 0.25) is 0 Å². The lowest BCUT2D eigenvalue weighted by molar-refractivity contribution is 0.103. The molecule has 0 aliphatic heterocycles. The smallest absolute Gasteiger partial charge is 0.265 e. The van der Waals surface area contributed by atoms with Gasteiger partial charge in [0.25, 0.3) is 5.91 Å². The number of thiophene rings is 1. The van der Waals surface area contributed by atoms with Crippen molar-refractivity contribution in [1.82, 2.24) is 14.4 Å². The largest absolute Gasteiger partial charge is 0.397 e. The monoisotopic (exact) mass is 432 g/mol. The van der Waals surface area contributed by atoms with E-state index in [1.54, 1.807) is 18.2 Å². The van der Waals surface area contributed by atoms with E-state index in [-0.39, 0.29) is 5.91 Å². The molecule has 30 heavy (non-hydrogen) atoms. The Kier molecular flexibility index (Phi) is 4.66. The number of nitrogens with one attached hydrogen (secondary N) is 2. The summed E-state index contributed by atoms with van der Waals surface area (Å²) in [4.78, 5) is 22.2. The lowest BCUT2D eigenvalue weighted by atomic mass is 10.2. The molecule has 5 aromatic rings. The van der Waals surface area contributed by atoms with Crippen LogP contribution in [0.1, 0.15) is 9.67 Å². The number of nitrogens with zero attached hydrogens (tertiary/aromatic N) is 3. The number of nitrogens with two attached hydrogens (primary N) is 1. The van der Waals surface area contributed by atoms with Gasteiger partial charge >= 0.3 is 0 Å². The van der Waals surface area contributed by atoms with E-state index in [0.717, 1.165) is 27.2 Å². The molecule has 1 amide bonds. The first-order chi connectivity index (χ1) is 14.7. The van der Waals surface area contributed by atoms with E-state index < -0.39 is 0 Å². The molecule has 0 unspecified atom stereocenters. The lowest BCUT2D eigenvalue weighted by Crippen LogP contribution is -2.11. The molecule has 7 nitrogen and oxygen atoms in total. The molecular formula is C21H16N6OS2. The molecule has 5 rings (SSSR count). The maximum atomic E-state index is 12.5. The number of amides is 1. The fraction of sp³-hybridized carbons (Fsp3) is 0. The first kappa shape index (κ1) is 18.3. The van der Waals surface area contributed by atoms with Gasteiger partial charge < -0.3 is 16.4 Å². The molecule has 4 heterocycles. The van der Waals surface area contributed by atoms with E-state index in [1.165, 1.54) is 22.7 Å². The zero-order valence-electron chi connectivity index (χ0n) is 15.6. The fourth-order valence-electron chi connectivity index (χ4n) is 3.00. The van der Waals surface area contributed by atoms with Gasteiger partial charge in [-0.25, -0.2) is 9.97 Å². The number of para-hydroxylation sites is 2. The molecule has 0 fully saturated rings. The molecule has 4 N–H and O–H groups in total. The molecule has 4 aromatic heterocycles. The van der Waals surface area contributed by atoms with Crippen LogP contribution in [0.4, 0.5) is 21.5 Å². The number of fused-ring (bicyclic) bond motifs is 1. The zero-order chi connectivity index (χ0) is 20.5. The maximum absolute atomic E-state index is 12.5. The Bertz CT molecular complexity index is 1350. The Balaban J connectivity index is 1.31. The summed E-state index contributed by atoms with van der Waals surface area (Å²) in [7, 11) is 0. The van der Waals surface area contributed by atoms with Crippen molar-refractivity contribution in [1.29, 1.82) is 0 Å². The summed E-state index contributed by atoms with van der Waals surface area (Å²) in [6, 6.07) is 16.7. The van der Waals surface area contributed by atoms with Crippen LogP contribution in [0.2, 0.25) is 0 Å². The summed E-state index contributed by atoms with van der Waals surface area (Å²) in [5, 5.41) is 9.68. The second-order valence-corrected chi connectivity index (χ2v) is 8.38. The third kappa shape index (κ3) is 3.51. The van der Waals surface area contributed by atoms with Crippen LogP contribution < -0.4 is 16.4 Å². The molecule has 9 heteroatoms. The number of pyridine rings is 1. The van der Waals surface area contributed by atoms with Crippen molar-refractivity contribution in [2.24, 2.45) is 0 Å². The number of hydrogen-bond acceptors (Lipinski definition) is 7. The van der Waals surface area contributed by atoms with Gasteiger partial charge in [0, 0.05) is 11.6 Å². The van der Waals surface area contributed by atoms with Crippen molar-refractivity contribution >= 4 is 55.7 Å². The quantitative estimate of drug-likeness (QED) is 0.336. The Hall–Kier alpha value is -3.69. The lowest BCUT2D eigenvalue weighted by Gasteiger charge is -2.06. The minimum atomic E-state index is -0.198. The number of thiazole rings is 1.